The Morgan fingerprint density at radius 3 is 2.53 bits per heavy atom. The minimum absolute atomic E-state index is 0.359. The van der Waals surface area contributed by atoms with E-state index in [1.54, 1.807) is 11.8 Å². The van der Waals surface area contributed by atoms with Gasteiger partial charge in [-0.15, -0.1) is 0 Å². The Bertz CT molecular complexity index is 526. The van der Waals surface area contributed by atoms with E-state index in [1.165, 1.54) is 0 Å². The van der Waals surface area contributed by atoms with E-state index in [-0.39, 0.29) is 0 Å². The number of rotatable bonds is 5. The zero-order valence-corrected chi connectivity index (χ0v) is 12.4. The van der Waals surface area contributed by atoms with Gasteiger partial charge < -0.3 is 5.32 Å². The third kappa shape index (κ3) is 3.96. The third-order valence-electron chi connectivity index (χ3n) is 2.49. The molecule has 0 atom stereocenters. The monoisotopic (exact) mass is 273 g/mol. The molecule has 4 heteroatoms. The van der Waals surface area contributed by atoms with Crippen molar-refractivity contribution in [3.63, 3.8) is 0 Å². The van der Waals surface area contributed by atoms with Crippen molar-refractivity contribution in [1.29, 1.82) is 0 Å². The summed E-state index contributed by atoms with van der Waals surface area (Å²) in [4.78, 5) is 9.14. The lowest BCUT2D eigenvalue weighted by Gasteiger charge is -2.12. The van der Waals surface area contributed by atoms with Crippen LogP contribution in [0.5, 0.6) is 0 Å². The quantitative estimate of drug-likeness (QED) is 0.658. The summed E-state index contributed by atoms with van der Waals surface area (Å²) in [6.07, 6.45) is 0. The molecule has 0 amide bonds. The molecule has 0 aliphatic rings. The maximum atomic E-state index is 4.61. The second-order valence-corrected chi connectivity index (χ2v) is 5.75. The molecule has 1 N–H and O–H groups in total. The number of aromatic nitrogens is 2. The van der Waals surface area contributed by atoms with Crippen LogP contribution in [0.4, 0.5) is 5.82 Å². The smallest absolute Gasteiger partial charge is 0.190 e. The van der Waals surface area contributed by atoms with Gasteiger partial charge in [0.15, 0.2) is 5.16 Å². The van der Waals surface area contributed by atoms with Crippen LogP contribution in [-0.2, 0) is 0 Å². The molecule has 0 aliphatic carbocycles. The van der Waals surface area contributed by atoms with E-state index in [1.807, 2.05) is 24.3 Å². The van der Waals surface area contributed by atoms with E-state index >= 15 is 0 Å². The first kappa shape index (κ1) is 13.9. The average molecular weight is 273 g/mol. The standard InChI is InChI=1S/C15H19N3S/c1-4-19-15-17-13(12-8-6-5-7-9-12)10-14(18-15)16-11(2)3/h5-11H,4H2,1-3H3,(H,16,17,18). The number of nitrogens with zero attached hydrogens (tertiary/aromatic N) is 2. The second kappa shape index (κ2) is 6.57. The van der Waals surface area contributed by atoms with E-state index in [0.29, 0.717) is 6.04 Å². The molecule has 0 fully saturated rings. The molecule has 19 heavy (non-hydrogen) atoms. The van der Waals surface area contributed by atoms with Crippen LogP contribution in [0.3, 0.4) is 0 Å². The van der Waals surface area contributed by atoms with Crippen molar-refractivity contribution in [2.45, 2.75) is 32.0 Å². The highest BCUT2D eigenvalue weighted by atomic mass is 32.2. The summed E-state index contributed by atoms with van der Waals surface area (Å²) in [6, 6.07) is 12.6. The van der Waals surface area contributed by atoms with Gasteiger partial charge >= 0.3 is 0 Å². The van der Waals surface area contributed by atoms with Gasteiger partial charge in [-0.3, -0.25) is 0 Å². The summed E-state index contributed by atoms with van der Waals surface area (Å²) in [5, 5.41) is 4.18. The zero-order chi connectivity index (χ0) is 13.7. The van der Waals surface area contributed by atoms with Crippen LogP contribution < -0.4 is 5.32 Å². The summed E-state index contributed by atoms with van der Waals surface area (Å²) in [5.41, 5.74) is 2.09. The van der Waals surface area contributed by atoms with Crippen LogP contribution in [0, 0.1) is 0 Å². The van der Waals surface area contributed by atoms with Gasteiger partial charge in [-0.25, -0.2) is 9.97 Å². The van der Waals surface area contributed by atoms with Gasteiger partial charge in [0.1, 0.15) is 5.82 Å². The summed E-state index contributed by atoms with van der Waals surface area (Å²) >= 11 is 1.66. The predicted octanol–water partition coefficient (Wildman–Crippen LogP) is 4.08. The number of thioether (sulfide) groups is 1. The molecule has 0 spiro atoms. The molecular weight excluding hydrogens is 254 g/mol. The van der Waals surface area contributed by atoms with Crippen molar-refractivity contribution in [3.05, 3.63) is 36.4 Å². The van der Waals surface area contributed by atoms with Crippen molar-refractivity contribution < 1.29 is 0 Å². The van der Waals surface area contributed by atoms with E-state index in [0.717, 1.165) is 28.0 Å². The number of anilines is 1. The van der Waals surface area contributed by atoms with Crippen molar-refractivity contribution in [3.8, 4) is 11.3 Å². The molecule has 0 aliphatic heterocycles. The molecule has 2 rings (SSSR count). The van der Waals surface area contributed by atoms with E-state index in [2.05, 4.69) is 48.2 Å². The predicted molar refractivity (Wildman–Crippen MR) is 82.6 cm³/mol. The number of hydrogen-bond acceptors (Lipinski definition) is 4. The summed E-state index contributed by atoms with van der Waals surface area (Å²) in [5.74, 6) is 1.86. The van der Waals surface area contributed by atoms with Gasteiger partial charge in [0.05, 0.1) is 5.69 Å². The number of benzene rings is 1. The van der Waals surface area contributed by atoms with Crippen LogP contribution in [0.2, 0.25) is 0 Å². The Labute approximate surface area is 118 Å². The first-order valence-corrected chi connectivity index (χ1v) is 7.51. The SMILES string of the molecule is CCSc1nc(NC(C)C)cc(-c2ccccc2)n1. The van der Waals surface area contributed by atoms with Crippen LogP contribution in [0.15, 0.2) is 41.6 Å². The van der Waals surface area contributed by atoms with E-state index in [9.17, 15) is 0 Å². The van der Waals surface area contributed by atoms with Gasteiger partial charge in [0, 0.05) is 17.7 Å². The van der Waals surface area contributed by atoms with Crippen LogP contribution in [-0.4, -0.2) is 21.8 Å². The Hall–Kier alpha value is -1.55. The molecular formula is C15H19N3S. The molecule has 0 saturated carbocycles. The topological polar surface area (TPSA) is 37.8 Å². The minimum Gasteiger partial charge on any atom is -0.368 e. The first-order chi connectivity index (χ1) is 9.19. The van der Waals surface area contributed by atoms with Crippen molar-refractivity contribution in [1.82, 2.24) is 9.97 Å². The maximum absolute atomic E-state index is 4.61. The Morgan fingerprint density at radius 1 is 1.16 bits per heavy atom. The Kier molecular flexibility index (Phi) is 4.80. The lowest BCUT2D eigenvalue weighted by atomic mass is 10.1. The summed E-state index contributed by atoms with van der Waals surface area (Å²) in [7, 11) is 0. The molecule has 0 bridgehead atoms. The average Bonchev–Trinajstić information content (AvgIpc) is 2.39. The van der Waals surface area contributed by atoms with Gasteiger partial charge in [-0.2, -0.15) is 0 Å². The first-order valence-electron chi connectivity index (χ1n) is 6.53. The highest BCUT2D eigenvalue weighted by Crippen LogP contribution is 2.23. The van der Waals surface area contributed by atoms with E-state index in [4.69, 9.17) is 0 Å². The fraction of sp³-hybridized carbons (Fsp3) is 0.333. The lowest BCUT2D eigenvalue weighted by Crippen LogP contribution is -2.11. The largest absolute Gasteiger partial charge is 0.368 e. The van der Waals surface area contributed by atoms with Gasteiger partial charge in [0.2, 0.25) is 0 Å². The zero-order valence-electron chi connectivity index (χ0n) is 11.6. The highest BCUT2D eigenvalue weighted by molar-refractivity contribution is 7.99. The molecule has 0 unspecified atom stereocenters. The molecule has 1 aromatic heterocycles. The van der Waals surface area contributed by atoms with Gasteiger partial charge in [-0.1, -0.05) is 49.0 Å². The van der Waals surface area contributed by atoms with Crippen molar-refractivity contribution in [2.24, 2.45) is 0 Å². The van der Waals surface area contributed by atoms with Gasteiger partial charge in [0.25, 0.3) is 0 Å². The maximum Gasteiger partial charge on any atom is 0.190 e. The summed E-state index contributed by atoms with van der Waals surface area (Å²) < 4.78 is 0. The molecule has 1 aromatic carbocycles. The lowest BCUT2D eigenvalue weighted by molar-refractivity contribution is 0.868. The van der Waals surface area contributed by atoms with E-state index < -0.39 is 0 Å². The van der Waals surface area contributed by atoms with Crippen LogP contribution in [0.25, 0.3) is 11.3 Å². The third-order valence-corrected chi connectivity index (χ3v) is 3.21. The molecule has 2 aromatic rings. The normalized spacial score (nSPS) is 10.7. The number of nitrogens with one attached hydrogen (secondary N) is 1. The Balaban J connectivity index is 2.39. The fourth-order valence-electron chi connectivity index (χ4n) is 1.75. The van der Waals surface area contributed by atoms with Crippen LogP contribution >= 0.6 is 11.8 Å². The van der Waals surface area contributed by atoms with Gasteiger partial charge in [-0.05, 0) is 19.6 Å². The van der Waals surface area contributed by atoms with Crippen molar-refractivity contribution in [2.75, 3.05) is 11.1 Å². The molecule has 0 saturated heterocycles. The molecule has 1 heterocycles. The minimum atomic E-state index is 0.359. The highest BCUT2D eigenvalue weighted by Gasteiger charge is 2.07. The Morgan fingerprint density at radius 2 is 1.89 bits per heavy atom. The fourth-order valence-corrected chi connectivity index (χ4v) is 2.33. The van der Waals surface area contributed by atoms with Crippen LogP contribution in [0.1, 0.15) is 20.8 Å². The summed E-state index contributed by atoms with van der Waals surface area (Å²) in [6.45, 7) is 6.33. The van der Waals surface area contributed by atoms with Crippen molar-refractivity contribution >= 4 is 17.6 Å². The molecule has 100 valence electrons. The molecule has 3 nitrogen and oxygen atoms in total. The molecule has 0 radical (unpaired) electrons. The second-order valence-electron chi connectivity index (χ2n) is 4.52. The number of hydrogen-bond donors (Lipinski definition) is 1.